The van der Waals surface area contributed by atoms with Crippen molar-refractivity contribution in [1.82, 2.24) is 9.80 Å². The fraction of sp³-hybridized carbons (Fsp3) is 0.467. The number of fused-ring (bicyclic) bond motifs is 1. The largest absolute Gasteiger partial charge is 0.508 e. The van der Waals surface area contributed by atoms with Gasteiger partial charge in [0, 0.05) is 32.7 Å². The molecule has 35 heavy (non-hydrogen) atoms. The van der Waals surface area contributed by atoms with Crippen LogP contribution < -0.4 is 4.74 Å². The molecule has 0 spiro atoms. The van der Waals surface area contributed by atoms with Crippen molar-refractivity contribution >= 4 is 5.57 Å². The molecule has 0 unspecified atom stereocenters. The number of allylic oxidation sites excluding steroid dienone is 1. The first kappa shape index (κ1) is 24.1. The zero-order valence-corrected chi connectivity index (χ0v) is 20.8. The zero-order chi connectivity index (χ0) is 24.2. The van der Waals surface area contributed by atoms with Gasteiger partial charge >= 0.3 is 0 Å². The van der Waals surface area contributed by atoms with Crippen LogP contribution in [0, 0.1) is 0 Å². The topological polar surface area (TPSA) is 35.9 Å². The summed E-state index contributed by atoms with van der Waals surface area (Å²) in [6.07, 6.45) is 8.35. The van der Waals surface area contributed by atoms with Gasteiger partial charge in [0.15, 0.2) is 0 Å². The Labute approximate surface area is 208 Å². The Morgan fingerprint density at radius 3 is 2.69 bits per heavy atom. The molecule has 2 aromatic carbocycles. The Morgan fingerprint density at radius 2 is 1.91 bits per heavy atom. The van der Waals surface area contributed by atoms with Crippen LogP contribution in [0.4, 0.5) is 4.39 Å². The van der Waals surface area contributed by atoms with Gasteiger partial charge in [-0.1, -0.05) is 24.3 Å². The molecule has 0 aromatic heterocycles. The van der Waals surface area contributed by atoms with Crippen molar-refractivity contribution < 1.29 is 14.2 Å². The van der Waals surface area contributed by atoms with Gasteiger partial charge in [0.2, 0.25) is 0 Å². The van der Waals surface area contributed by atoms with Crippen molar-refractivity contribution in [3.63, 3.8) is 0 Å². The van der Waals surface area contributed by atoms with Crippen LogP contribution in [-0.4, -0.2) is 67.5 Å². The number of rotatable bonds is 7. The molecule has 1 aliphatic carbocycles. The molecule has 0 saturated carbocycles. The number of nitrogens with zero attached hydrogens (tertiary/aromatic N) is 2. The van der Waals surface area contributed by atoms with E-state index in [1.807, 2.05) is 12.1 Å². The first-order valence-electron chi connectivity index (χ1n) is 13.1. The number of halogens is 1. The van der Waals surface area contributed by atoms with Gasteiger partial charge in [-0.3, -0.25) is 9.29 Å². The number of ether oxygens (including phenoxy) is 1. The number of hydrogen-bond acceptors (Lipinski definition) is 4. The molecule has 4 nitrogen and oxygen atoms in total. The van der Waals surface area contributed by atoms with Gasteiger partial charge in [-0.25, -0.2) is 0 Å². The van der Waals surface area contributed by atoms with E-state index in [9.17, 15) is 9.50 Å². The third-order valence-corrected chi connectivity index (χ3v) is 7.62. The molecule has 5 rings (SSSR count). The van der Waals surface area contributed by atoms with Crippen molar-refractivity contribution in [3.05, 3.63) is 76.4 Å². The summed E-state index contributed by atoms with van der Waals surface area (Å²) in [4.78, 5) is 4.66. The molecule has 1 saturated heterocycles. The Balaban J connectivity index is 1.43. The van der Waals surface area contributed by atoms with Crippen molar-refractivity contribution in [2.24, 2.45) is 0 Å². The van der Waals surface area contributed by atoms with E-state index in [1.54, 1.807) is 0 Å². The second kappa shape index (κ2) is 11.0. The van der Waals surface area contributed by atoms with Crippen molar-refractivity contribution in [3.8, 4) is 11.5 Å². The van der Waals surface area contributed by atoms with Crippen molar-refractivity contribution in [1.29, 1.82) is 0 Å². The number of aryl methyl sites for hydroxylation is 1. The Bertz CT molecular complexity index is 1090. The number of aromatic hydroxyl groups is 1. The van der Waals surface area contributed by atoms with Crippen LogP contribution in [0.15, 0.2) is 59.7 Å². The number of alkyl halides is 1. The van der Waals surface area contributed by atoms with Crippen molar-refractivity contribution in [2.45, 2.75) is 44.6 Å². The normalized spacial score (nSPS) is 21.5. The van der Waals surface area contributed by atoms with Crippen LogP contribution in [0.25, 0.3) is 5.57 Å². The summed E-state index contributed by atoms with van der Waals surface area (Å²) < 4.78 is 18.8. The number of benzene rings is 2. The van der Waals surface area contributed by atoms with E-state index in [1.165, 1.54) is 33.4 Å². The lowest BCUT2D eigenvalue weighted by Gasteiger charge is -2.25. The number of phenolic OH excluding ortho intramolecular Hbond substituents is 1. The lowest BCUT2D eigenvalue weighted by molar-refractivity contribution is 0.198. The quantitative estimate of drug-likeness (QED) is 0.564. The maximum absolute atomic E-state index is 12.5. The van der Waals surface area contributed by atoms with Gasteiger partial charge in [-0.2, -0.15) is 0 Å². The van der Waals surface area contributed by atoms with Crippen LogP contribution in [0.5, 0.6) is 11.5 Å². The van der Waals surface area contributed by atoms with Crippen LogP contribution in [-0.2, 0) is 6.42 Å². The highest BCUT2D eigenvalue weighted by Crippen LogP contribution is 2.40. The summed E-state index contributed by atoms with van der Waals surface area (Å²) in [6.45, 7) is 4.49. The SMILES string of the molecule is CN1CC=C(C2=C(c3ccc(O[C@H]4CCN(CCCF)C4)cc3)c3ccc(O)cc3CCC2)CC1. The zero-order valence-electron chi connectivity index (χ0n) is 20.8. The molecular weight excluding hydrogens is 439 g/mol. The van der Waals surface area contributed by atoms with E-state index in [4.69, 9.17) is 4.74 Å². The number of phenols is 1. The van der Waals surface area contributed by atoms with E-state index in [-0.39, 0.29) is 12.8 Å². The minimum Gasteiger partial charge on any atom is -0.508 e. The summed E-state index contributed by atoms with van der Waals surface area (Å²) in [6, 6.07) is 14.4. The summed E-state index contributed by atoms with van der Waals surface area (Å²) in [5.74, 6) is 1.23. The molecule has 1 atom stereocenters. The van der Waals surface area contributed by atoms with Gasteiger partial charge in [-0.05, 0) is 103 Å². The van der Waals surface area contributed by atoms with E-state index < -0.39 is 0 Å². The van der Waals surface area contributed by atoms with Gasteiger partial charge in [-0.15, -0.1) is 0 Å². The average Bonchev–Trinajstić information content (AvgIpc) is 3.22. The van der Waals surface area contributed by atoms with E-state index in [2.05, 4.69) is 53.3 Å². The smallest absolute Gasteiger partial charge is 0.119 e. The van der Waals surface area contributed by atoms with Crippen LogP contribution >= 0.6 is 0 Å². The molecule has 0 bridgehead atoms. The van der Waals surface area contributed by atoms with E-state index in [0.717, 1.165) is 70.6 Å². The predicted molar refractivity (Wildman–Crippen MR) is 140 cm³/mol. The first-order valence-corrected chi connectivity index (χ1v) is 13.1. The molecule has 186 valence electrons. The van der Waals surface area contributed by atoms with Gasteiger partial charge in [0.25, 0.3) is 0 Å². The minimum absolute atomic E-state index is 0.168. The molecule has 0 amide bonds. The van der Waals surface area contributed by atoms with Crippen LogP contribution in [0.1, 0.15) is 48.8 Å². The molecule has 5 heteroatoms. The van der Waals surface area contributed by atoms with Gasteiger partial charge in [0.1, 0.15) is 17.6 Å². The molecule has 2 aromatic rings. The van der Waals surface area contributed by atoms with E-state index >= 15 is 0 Å². The number of likely N-dealkylation sites (tertiary alicyclic amines) is 1. The average molecular weight is 477 g/mol. The predicted octanol–water partition coefficient (Wildman–Crippen LogP) is 5.61. The summed E-state index contributed by atoms with van der Waals surface area (Å²) in [5, 5.41) is 10.1. The first-order chi connectivity index (χ1) is 17.1. The second-order valence-electron chi connectivity index (χ2n) is 10.2. The second-order valence-corrected chi connectivity index (χ2v) is 10.2. The maximum atomic E-state index is 12.5. The summed E-state index contributed by atoms with van der Waals surface area (Å²) >= 11 is 0. The van der Waals surface area contributed by atoms with Gasteiger partial charge in [0.05, 0.1) is 6.67 Å². The molecule has 1 fully saturated rings. The highest BCUT2D eigenvalue weighted by atomic mass is 19.1. The molecule has 1 N–H and O–H groups in total. The highest BCUT2D eigenvalue weighted by molar-refractivity contribution is 5.87. The van der Waals surface area contributed by atoms with E-state index in [0.29, 0.717) is 12.2 Å². The molecule has 2 aliphatic heterocycles. The molecular formula is C30H37FN2O2. The third-order valence-electron chi connectivity index (χ3n) is 7.62. The van der Waals surface area contributed by atoms with Gasteiger partial charge < -0.3 is 14.7 Å². The third kappa shape index (κ3) is 5.62. The van der Waals surface area contributed by atoms with Crippen LogP contribution in [0.3, 0.4) is 0 Å². The Morgan fingerprint density at radius 1 is 1.06 bits per heavy atom. The summed E-state index contributed by atoms with van der Waals surface area (Å²) in [7, 11) is 2.18. The maximum Gasteiger partial charge on any atom is 0.119 e. The number of likely N-dealkylation sites (N-methyl/N-ethyl adjacent to an activating group) is 1. The lowest BCUT2D eigenvalue weighted by atomic mass is 9.86. The summed E-state index contributed by atoms with van der Waals surface area (Å²) in [5.41, 5.74) is 7.90. The number of hydrogen-bond donors (Lipinski definition) is 1. The highest BCUT2D eigenvalue weighted by Gasteiger charge is 2.25. The molecule has 0 radical (unpaired) electrons. The Hall–Kier alpha value is -2.63. The van der Waals surface area contributed by atoms with Crippen molar-refractivity contribution in [2.75, 3.05) is 46.4 Å². The monoisotopic (exact) mass is 476 g/mol. The van der Waals surface area contributed by atoms with Crippen LogP contribution in [0.2, 0.25) is 0 Å². The fourth-order valence-corrected chi connectivity index (χ4v) is 5.74. The lowest BCUT2D eigenvalue weighted by Crippen LogP contribution is -2.26. The fourth-order valence-electron chi connectivity index (χ4n) is 5.74. The molecule has 2 heterocycles. The molecule has 3 aliphatic rings. The standard InChI is InChI=1S/C30H37FN2O2/c1-32-17-12-22(13-18-32)28-5-2-4-24-20-25(34)8-11-29(24)30(28)23-6-9-26(10-7-23)35-27-14-19-33(21-27)16-3-15-31/h6-12,20,27,34H,2-5,13-19,21H2,1H3/t27-/m0/s1. The minimum atomic E-state index is -0.252. The Kier molecular flexibility index (Phi) is 7.54.